The lowest BCUT2D eigenvalue weighted by molar-refractivity contribution is 0.478. The monoisotopic (exact) mass is 429 g/mol. The van der Waals surface area contributed by atoms with Gasteiger partial charge in [-0.3, -0.25) is 0 Å². The fourth-order valence-corrected chi connectivity index (χ4v) is 5.08. The van der Waals surface area contributed by atoms with Crippen molar-refractivity contribution in [3.63, 3.8) is 0 Å². The van der Waals surface area contributed by atoms with E-state index in [1.54, 1.807) is 22.2 Å². The topological polar surface area (TPSA) is 89.3 Å². The quantitative estimate of drug-likeness (QED) is 0.442. The minimum Gasteiger partial charge on any atom is -0.457 e. The molecule has 0 aliphatic carbocycles. The summed E-state index contributed by atoms with van der Waals surface area (Å²) >= 11 is 1.75. The van der Waals surface area contributed by atoms with E-state index in [0.29, 0.717) is 0 Å². The highest BCUT2D eigenvalue weighted by molar-refractivity contribution is 7.19. The number of rotatable bonds is 4. The lowest BCUT2D eigenvalue weighted by Gasteiger charge is -2.14. The van der Waals surface area contributed by atoms with E-state index in [2.05, 4.69) is 36.8 Å². The summed E-state index contributed by atoms with van der Waals surface area (Å²) < 4.78 is 7.79. The smallest absolute Gasteiger partial charge is 0.158 e. The number of anilines is 2. The lowest BCUT2D eigenvalue weighted by Crippen LogP contribution is -2.22. The first-order valence-electron chi connectivity index (χ1n) is 10.1. The van der Waals surface area contributed by atoms with Crippen LogP contribution in [0.3, 0.4) is 0 Å². The Bertz CT molecular complexity index is 1420. The molecule has 8 nitrogen and oxygen atoms in total. The molecule has 1 aliphatic heterocycles. The Kier molecular flexibility index (Phi) is 4.29. The maximum Gasteiger partial charge on any atom is 0.158 e. The molecular formula is C22H19N7OS. The highest BCUT2D eigenvalue weighted by atomic mass is 32.1. The maximum absolute atomic E-state index is 6.08. The van der Waals surface area contributed by atoms with Gasteiger partial charge in [0.2, 0.25) is 0 Å². The summed E-state index contributed by atoms with van der Waals surface area (Å²) in [5.74, 6) is 2.37. The van der Waals surface area contributed by atoms with Crippen LogP contribution in [0, 0.1) is 6.92 Å². The van der Waals surface area contributed by atoms with Crippen molar-refractivity contribution in [1.29, 1.82) is 0 Å². The van der Waals surface area contributed by atoms with Crippen molar-refractivity contribution in [3.8, 4) is 11.5 Å². The summed E-state index contributed by atoms with van der Waals surface area (Å²) in [5, 5.41) is 12.2. The Morgan fingerprint density at radius 1 is 1.13 bits per heavy atom. The molecule has 5 aromatic rings. The number of thiophene rings is 1. The molecule has 5 heterocycles. The molecule has 0 unspecified atom stereocenters. The van der Waals surface area contributed by atoms with Crippen LogP contribution in [0.25, 0.3) is 15.9 Å². The van der Waals surface area contributed by atoms with Crippen molar-refractivity contribution in [2.75, 3.05) is 11.9 Å². The molecule has 0 atom stereocenters. The van der Waals surface area contributed by atoms with Gasteiger partial charge >= 0.3 is 0 Å². The van der Waals surface area contributed by atoms with Gasteiger partial charge in [-0.05, 0) is 55.3 Å². The van der Waals surface area contributed by atoms with E-state index in [4.69, 9.17) is 4.74 Å². The second-order valence-corrected chi connectivity index (χ2v) is 8.55. The second kappa shape index (κ2) is 7.29. The molecule has 2 N–H and O–H groups in total. The number of ether oxygens (including phenoxy) is 1. The van der Waals surface area contributed by atoms with E-state index in [9.17, 15) is 0 Å². The van der Waals surface area contributed by atoms with Crippen LogP contribution in [0.4, 0.5) is 11.5 Å². The average Bonchev–Trinajstić information content (AvgIpc) is 3.40. The van der Waals surface area contributed by atoms with Crippen LogP contribution in [0.1, 0.15) is 16.0 Å². The van der Waals surface area contributed by atoms with E-state index in [1.807, 2.05) is 37.4 Å². The van der Waals surface area contributed by atoms with Crippen molar-refractivity contribution < 1.29 is 4.74 Å². The normalized spacial score (nSPS) is 13.5. The Balaban J connectivity index is 1.29. The summed E-state index contributed by atoms with van der Waals surface area (Å²) in [5.41, 5.74) is 4.10. The zero-order valence-electron chi connectivity index (χ0n) is 16.8. The second-order valence-electron chi connectivity index (χ2n) is 7.47. The predicted octanol–water partition coefficient (Wildman–Crippen LogP) is 4.22. The molecule has 0 saturated carbocycles. The van der Waals surface area contributed by atoms with Gasteiger partial charge < -0.3 is 15.4 Å². The van der Waals surface area contributed by atoms with Gasteiger partial charge in [-0.25, -0.2) is 19.5 Å². The molecule has 0 bridgehead atoms. The number of aryl methyl sites for hydroxylation is 1. The summed E-state index contributed by atoms with van der Waals surface area (Å²) in [6.07, 6.45) is 5.99. The molecule has 0 fully saturated rings. The fraction of sp³-hybridized carbons (Fsp3) is 0.182. The maximum atomic E-state index is 6.08. The number of pyridine rings is 1. The largest absolute Gasteiger partial charge is 0.457 e. The first-order valence-corrected chi connectivity index (χ1v) is 10.9. The van der Waals surface area contributed by atoms with Gasteiger partial charge in [-0.15, -0.1) is 11.3 Å². The SMILES string of the molecule is Cc1cc(Nc2ncnc3sc4c(c23)CCNC4)ccc1Oc1ccn2ncnc2c1. The van der Waals surface area contributed by atoms with E-state index < -0.39 is 0 Å². The first-order chi connectivity index (χ1) is 15.2. The molecule has 0 radical (unpaired) electrons. The Hall–Kier alpha value is -3.56. The van der Waals surface area contributed by atoms with Gasteiger partial charge in [0.25, 0.3) is 0 Å². The Morgan fingerprint density at radius 3 is 3.03 bits per heavy atom. The van der Waals surface area contributed by atoms with E-state index in [-0.39, 0.29) is 0 Å². The van der Waals surface area contributed by atoms with Crippen LogP contribution < -0.4 is 15.4 Å². The molecule has 9 heteroatoms. The van der Waals surface area contributed by atoms with Gasteiger partial charge in [0, 0.05) is 29.4 Å². The number of hydrogen-bond donors (Lipinski definition) is 2. The van der Waals surface area contributed by atoms with Gasteiger partial charge in [-0.2, -0.15) is 5.10 Å². The molecule has 1 aliphatic rings. The average molecular weight is 430 g/mol. The number of hydrogen-bond acceptors (Lipinski definition) is 8. The standard InChI is InChI=1S/C22H19N7OS/c1-13-8-14(2-3-17(13)30-15-5-7-29-19(9-15)24-12-27-29)28-21-20-16-4-6-23-10-18(16)31-22(20)26-11-25-21/h2-3,5,7-9,11-12,23H,4,6,10H2,1H3,(H,25,26,28). The third kappa shape index (κ3) is 3.28. The number of nitrogens with one attached hydrogen (secondary N) is 2. The summed E-state index contributed by atoms with van der Waals surface area (Å²) in [4.78, 5) is 15.6. The van der Waals surface area contributed by atoms with Crippen LogP contribution in [0.5, 0.6) is 11.5 Å². The molecule has 1 aromatic carbocycles. The third-order valence-electron chi connectivity index (χ3n) is 5.43. The molecule has 0 spiro atoms. The lowest BCUT2D eigenvalue weighted by atomic mass is 10.1. The van der Waals surface area contributed by atoms with Crippen LogP contribution in [0.15, 0.2) is 49.2 Å². The summed E-state index contributed by atoms with van der Waals surface area (Å²) in [6.45, 7) is 3.92. The third-order valence-corrected chi connectivity index (χ3v) is 6.57. The Labute approximate surface area is 182 Å². The number of fused-ring (bicyclic) bond motifs is 4. The van der Waals surface area contributed by atoms with Crippen molar-refractivity contribution in [1.82, 2.24) is 29.9 Å². The predicted molar refractivity (Wildman–Crippen MR) is 120 cm³/mol. The first kappa shape index (κ1) is 18.2. The zero-order chi connectivity index (χ0) is 20.8. The Morgan fingerprint density at radius 2 is 2.10 bits per heavy atom. The minimum absolute atomic E-state index is 0.723. The molecule has 0 saturated heterocycles. The van der Waals surface area contributed by atoms with Crippen molar-refractivity contribution in [2.24, 2.45) is 0 Å². The van der Waals surface area contributed by atoms with Gasteiger partial charge in [-0.1, -0.05) is 0 Å². The highest BCUT2D eigenvalue weighted by Crippen LogP contribution is 2.37. The molecule has 0 amide bonds. The molecule has 6 rings (SSSR count). The summed E-state index contributed by atoms with van der Waals surface area (Å²) in [6, 6.07) is 9.78. The zero-order valence-corrected chi connectivity index (χ0v) is 17.6. The van der Waals surface area contributed by atoms with Crippen molar-refractivity contribution in [3.05, 3.63) is 65.2 Å². The molecular weight excluding hydrogens is 410 g/mol. The van der Waals surface area contributed by atoms with Gasteiger partial charge in [0.15, 0.2) is 5.65 Å². The number of aromatic nitrogens is 5. The molecule has 154 valence electrons. The highest BCUT2D eigenvalue weighted by Gasteiger charge is 2.19. The fourth-order valence-electron chi connectivity index (χ4n) is 3.92. The van der Waals surface area contributed by atoms with Crippen LogP contribution in [-0.4, -0.2) is 31.1 Å². The van der Waals surface area contributed by atoms with E-state index in [0.717, 1.165) is 63.9 Å². The minimum atomic E-state index is 0.723. The van der Waals surface area contributed by atoms with Crippen LogP contribution in [0.2, 0.25) is 0 Å². The van der Waals surface area contributed by atoms with Crippen molar-refractivity contribution in [2.45, 2.75) is 19.9 Å². The number of nitrogens with zero attached hydrogens (tertiary/aromatic N) is 5. The van der Waals surface area contributed by atoms with E-state index >= 15 is 0 Å². The van der Waals surface area contributed by atoms with Crippen molar-refractivity contribution >= 4 is 38.7 Å². The number of benzene rings is 1. The van der Waals surface area contributed by atoms with E-state index in [1.165, 1.54) is 16.8 Å². The summed E-state index contributed by atoms with van der Waals surface area (Å²) in [7, 11) is 0. The van der Waals surface area contributed by atoms with Gasteiger partial charge in [0.05, 0.1) is 5.39 Å². The van der Waals surface area contributed by atoms with Gasteiger partial charge in [0.1, 0.15) is 34.8 Å². The van der Waals surface area contributed by atoms with Crippen LogP contribution in [-0.2, 0) is 13.0 Å². The molecule has 4 aromatic heterocycles. The molecule has 31 heavy (non-hydrogen) atoms. The van der Waals surface area contributed by atoms with Crippen LogP contribution >= 0.6 is 11.3 Å².